The van der Waals surface area contributed by atoms with Crippen molar-refractivity contribution in [3.63, 3.8) is 0 Å². The number of likely N-dealkylation sites (N-methyl/N-ethyl adjacent to an activating group) is 1. The normalized spacial score (nSPS) is 24.9. The second kappa shape index (κ2) is 5.22. The quantitative estimate of drug-likeness (QED) is 0.736. The third-order valence-electron chi connectivity index (χ3n) is 4.96. The Hall–Kier alpha value is -2.11. The van der Waals surface area contributed by atoms with Crippen LogP contribution in [0.3, 0.4) is 0 Å². The van der Waals surface area contributed by atoms with Crippen molar-refractivity contribution in [1.29, 1.82) is 0 Å². The van der Waals surface area contributed by atoms with Gasteiger partial charge in [0.25, 0.3) is 0 Å². The monoisotopic (exact) mass is 311 g/mol. The van der Waals surface area contributed by atoms with Crippen LogP contribution in [0.5, 0.6) is 0 Å². The number of aromatic nitrogens is 1. The van der Waals surface area contributed by atoms with Crippen molar-refractivity contribution in [2.75, 3.05) is 13.6 Å². The van der Waals surface area contributed by atoms with Crippen LogP contribution >= 0.6 is 0 Å². The largest absolute Gasteiger partial charge is 0.374 e. The Labute approximate surface area is 135 Å². The molecule has 0 unspecified atom stereocenters. The van der Waals surface area contributed by atoms with E-state index < -0.39 is 6.23 Å². The van der Waals surface area contributed by atoms with Gasteiger partial charge in [-0.15, -0.1) is 0 Å². The first kappa shape index (κ1) is 14.5. The summed E-state index contributed by atoms with van der Waals surface area (Å²) in [4.78, 5) is 17.9. The molecular formula is C18H21N3O2. The zero-order valence-corrected chi connectivity index (χ0v) is 13.3. The van der Waals surface area contributed by atoms with Crippen molar-refractivity contribution < 1.29 is 9.90 Å². The number of aliphatic hydroxyl groups excluding tert-OH is 1. The minimum absolute atomic E-state index is 0.121. The molecule has 3 N–H and O–H groups in total. The lowest BCUT2D eigenvalue weighted by molar-refractivity contribution is -0.127. The van der Waals surface area contributed by atoms with Crippen LogP contribution in [-0.4, -0.2) is 46.8 Å². The third-order valence-corrected chi connectivity index (χ3v) is 4.96. The van der Waals surface area contributed by atoms with Crippen LogP contribution in [-0.2, 0) is 11.2 Å². The minimum Gasteiger partial charge on any atom is -0.374 e. The van der Waals surface area contributed by atoms with Crippen LogP contribution in [0.2, 0.25) is 0 Å². The summed E-state index contributed by atoms with van der Waals surface area (Å²) in [7, 11) is 2.07. The van der Waals surface area contributed by atoms with Crippen molar-refractivity contribution in [2.45, 2.75) is 25.6 Å². The summed E-state index contributed by atoms with van der Waals surface area (Å²) in [5.74, 6) is -0.360. The molecule has 5 heteroatoms. The van der Waals surface area contributed by atoms with Gasteiger partial charge < -0.3 is 15.4 Å². The van der Waals surface area contributed by atoms with Crippen molar-refractivity contribution in [2.24, 2.45) is 5.92 Å². The Morgan fingerprint density at radius 3 is 3.09 bits per heavy atom. The molecule has 0 radical (unpaired) electrons. The second-order valence-corrected chi connectivity index (χ2v) is 6.61. The fourth-order valence-corrected chi connectivity index (χ4v) is 3.93. The Bertz CT molecular complexity index is 806. The zero-order valence-electron chi connectivity index (χ0n) is 13.3. The Balaban J connectivity index is 1.80. The summed E-state index contributed by atoms with van der Waals surface area (Å²) in [6.45, 7) is 2.23. The van der Waals surface area contributed by atoms with E-state index in [1.54, 1.807) is 6.92 Å². The standard InChI is InChI=1S/C18H21N3O2/c1-10(22)20-18(23)12-6-14-13-4-3-5-15-17(13)11(8-19-15)7-16(14)21(2)9-12/h3-6,8,10,12,16,19,22H,7,9H2,1-2H3,(H,20,23)/t10-,12-,16-/m1/s1. The number of amides is 1. The van der Waals surface area contributed by atoms with Crippen molar-refractivity contribution >= 4 is 22.4 Å². The van der Waals surface area contributed by atoms with Gasteiger partial charge in [0.15, 0.2) is 0 Å². The van der Waals surface area contributed by atoms with Gasteiger partial charge in [-0.1, -0.05) is 18.2 Å². The fraction of sp³-hybridized carbons (Fsp3) is 0.389. The molecule has 1 amide bonds. The molecule has 2 aliphatic rings. The van der Waals surface area contributed by atoms with Crippen molar-refractivity contribution in [3.05, 3.63) is 41.6 Å². The van der Waals surface area contributed by atoms with E-state index in [-0.39, 0.29) is 11.8 Å². The molecule has 120 valence electrons. The van der Waals surface area contributed by atoms with Gasteiger partial charge in [-0.05, 0) is 43.2 Å². The molecule has 0 bridgehead atoms. The van der Waals surface area contributed by atoms with E-state index >= 15 is 0 Å². The van der Waals surface area contributed by atoms with Crippen molar-refractivity contribution in [3.8, 4) is 0 Å². The van der Waals surface area contributed by atoms with Gasteiger partial charge in [-0.3, -0.25) is 9.69 Å². The molecule has 23 heavy (non-hydrogen) atoms. The molecule has 3 atom stereocenters. The zero-order chi connectivity index (χ0) is 16.1. The molecular weight excluding hydrogens is 290 g/mol. The maximum absolute atomic E-state index is 12.3. The Morgan fingerprint density at radius 2 is 2.30 bits per heavy atom. The highest BCUT2D eigenvalue weighted by Gasteiger charge is 2.35. The van der Waals surface area contributed by atoms with Gasteiger partial charge in [0.1, 0.15) is 6.23 Å². The molecule has 5 nitrogen and oxygen atoms in total. The summed E-state index contributed by atoms with van der Waals surface area (Å²) in [6, 6.07) is 6.59. The number of hydrogen-bond donors (Lipinski definition) is 3. The molecule has 2 heterocycles. The van der Waals surface area contributed by atoms with E-state index in [2.05, 4.69) is 52.7 Å². The highest BCUT2D eigenvalue weighted by Crippen LogP contribution is 2.40. The SMILES string of the molecule is C[C@@H](O)NC(=O)[C@@H]1C=C2c3cccc4[nH]cc(c34)C[C@H]2N(C)C1. The van der Waals surface area contributed by atoms with Gasteiger partial charge in [-0.25, -0.2) is 0 Å². The van der Waals surface area contributed by atoms with Crippen LogP contribution in [0, 0.1) is 5.92 Å². The van der Waals surface area contributed by atoms with E-state index in [0.29, 0.717) is 12.6 Å². The predicted octanol–water partition coefficient (Wildman–Crippen LogP) is 1.49. The lowest BCUT2D eigenvalue weighted by Crippen LogP contribution is -2.47. The van der Waals surface area contributed by atoms with Crippen LogP contribution in [0.1, 0.15) is 18.1 Å². The number of benzene rings is 1. The first-order chi connectivity index (χ1) is 11.0. The molecule has 1 aromatic carbocycles. The number of H-pyrrole nitrogens is 1. The first-order valence-electron chi connectivity index (χ1n) is 8.04. The van der Waals surface area contributed by atoms with Gasteiger partial charge in [0, 0.05) is 29.7 Å². The molecule has 0 saturated heterocycles. The van der Waals surface area contributed by atoms with Crippen LogP contribution in [0.15, 0.2) is 30.5 Å². The smallest absolute Gasteiger partial charge is 0.230 e. The highest BCUT2D eigenvalue weighted by atomic mass is 16.3. The lowest BCUT2D eigenvalue weighted by atomic mass is 9.80. The molecule has 1 aliphatic heterocycles. The van der Waals surface area contributed by atoms with E-state index in [9.17, 15) is 9.90 Å². The van der Waals surface area contributed by atoms with E-state index in [4.69, 9.17) is 0 Å². The lowest BCUT2D eigenvalue weighted by Gasteiger charge is -2.39. The third kappa shape index (κ3) is 2.28. The molecule has 0 spiro atoms. The average molecular weight is 311 g/mol. The number of aromatic amines is 1. The van der Waals surface area contributed by atoms with Crippen LogP contribution in [0.4, 0.5) is 0 Å². The molecule has 4 rings (SSSR count). The van der Waals surface area contributed by atoms with Gasteiger partial charge in [-0.2, -0.15) is 0 Å². The number of carbonyl (C=O) groups is 1. The first-order valence-corrected chi connectivity index (χ1v) is 8.04. The summed E-state index contributed by atoms with van der Waals surface area (Å²) >= 11 is 0. The predicted molar refractivity (Wildman–Crippen MR) is 89.7 cm³/mol. The topological polar surface area (TPSA) is 68.4 Å². The van der Waals surface area contributed by atoms with E-state index in [1.807, 2.05) is 0 Å². The summed E-state index contributed by atoms with van der Waals surface area (Å²) < 4.78 is 0. The van der Waals surface area contributed by atoms with Gasteiger partial charge in [0.2, 0.25) is 5.91 Å². The average Bonchev–Trinajstić information content (AvgIpc) is 2.92. The molecule has 2 aromatic rings. The molecule has 0 saturated carbocycles. The number of nitrogens with zero attached hydrogens (tertiary/aromatic N) is 1. The van der Waals surface area contributed by atoms with Gasteiger partial charge >= 0.3 is 0 Å². The Morgan fingerprint density at radius 1 is 1.48 bits per heavy atom. The van der Waals surface area contributed by atoms with E-state index in [0.717, 1.165) is 11.9 Å². The molecule has 0 fully saturated rings. The number of rotatable bonds is 2. The summed E-state index contributed by atoms with van der Waals surface area (Å²) in [5.41, 5.74) is 4.94. The van der Waals surface area contributed by atoms with Gasteiger partial charge in [0.05, 0.1) is 5.92 Å². The molecule has 1 aromatic heterocycles. The maximum Gasteiger partial charge on any atom is 0.230 e. The number of aliphatic hydroxyl groups is 1. The number of fused-ring (bicyclic) bond motifs is 2. The summed E-state index contributed by atoms with van der Waals surface area (Å²) in [5, 5.41) is 13.3. The number of nitrogens with one attached hydrogen (secondary N) is 2. The Kier molecular flexibility index (Phi) is 3.28. The second-order valence-electron chi connectivity index (χ2n) is 6.61. The summed E-state index contributed by atoms with van der Waals surface area (Å²) in [6.07, 6.45) is 4.33. The van der Waals surface area contributed by atoms with Crippen molar-refractivity contribution in [1.82, 2.24) is 15.2 Å². The fourth-order valence-electron chi connectivity index (χ4n) is 3.93. The van der Waals surface area contributed by atoms with E-state index in [1.165, 1.54) is 22.1 Å². The van der Waals surface area contributed by atoms with Crippen LogP contribution < -0.4 is 5.32 Å². The highest BCUT2D eigenvalue weighted by molar-refractivity contribution is 5.99. The maximum atomic E-state index is 12.3. The van der Waals surface area contributed by atoms with Crippen LogP contribution in [0.25, 0.3) is 16.5 Å². The molecule has 1 aliphatic carbocycles. The number of hydrogen-bond acceptors (Lipinski definition) is 3. The number of carbonyl (C=O) groups excluding carboxylic acids is 1. The minimum atomic E-state index is -0.824.